The zero-order chi connectivity index (χ0) is 13.0. The van der Waals surface area contributed by atoms with Gasteiger partial charge < -0.3 is 15.5 Å². The van der Waals surface area contributed by atoms with Crippen molar-refractivity contribution in [3.63, 3.8) is 0 Å². The Kier molecular flexibility index (Phi) is 3.92. The minimum Gasteiger partial charge on any atom is -0.469 e. The Morgan fingerprint density at radius 2 is 2.17 bits per heavy atom. The van der Waals surface area contributed by atoms with Crippen molar-refractivity contribution in [3.8, 4) is 0 Å². The molecule has 3 N–H and O–H groups in total. The van der Waals surface area contributed by atoms with E-state index in [0.29, 0.717) is 6.04 Å². The van der Waals surface area contributed by atoms with E-state index in [1.54, 1.807) is 6.26 Å². The molecule has 1 unspecified atom stereocenters. The first-order valence-electron chi connectivity index (χ1n) is 6.29. The molecule has 0 aliphatic carbocycles. The normalized spacial score (nSPS) is 12.3. The quantitative estimate of drug-likeness (QED) is 0.790. The van der Waals surface area contributed by atoms with E-state index in [2.05, 4.69) is 25.2 Å². The van der Waals surface area contributed by atoms with Gasteiger partial charge in [0.15, 0.2) is 0 Å². The second kappa shape index (κ2) is 5.63. The topological polar surface area (TPSA) is 51.2 Å². The van der Waals surface area contributed by atoms with Crippen molar-refractivity contribution < 1.29 is 4.42 Å². The molecule has 2 rings (SSSR count). The summed E-state index contributed by atoms with van der Waals surface area (Å²) >= 11 is 0. The molecule has 0 spiro atoms. The summed E-state index contributed by atoms with van der Waals surface area (Å²) in [6.45, 7) is 4.22. The van der Waals surface area contributed by atoms with Crippen LogP contribution in [0.2, 0.25) is 0 Å². The maximum Gasteiger partial charge on any atom is 0.103 e. The van der Waals surface area contributed by atoms with E-state index in [0.717, 1.165) is 30.0 Å². The Bertz CT molecular complexity index is 471. The van der Waals surface area contributed by atoms with Crippen molar-refractivity contribution >= 4 is 11.4 Å². The van der Waals surface area contributed by atoms with Gasteiger partial charge in [0.1, 0.15) is 5.76 Å². The van der Waals surface area contributed by atoms with Gasteiger partial charge in [-0.15, -0.1) is 0 Å². The summed E-state index contributed by atoms with van der Waals surface area (Å²) in [5.41, 5.74) is 8.89. The third-order valence-electron chi connectivity index (χ3n) is 2.92. The number of anilines is 2. The first-order valence-corrected chi connectivity index (χ1v) is 6.29. The molecule has 1 atom stereocenters. The second-order valence-electron chi connectivity index (χ2n) is 4.80. The SMILES string of the molecule is Cc1cc(N)cc(NC(C)CCc2ccco2)c1. The molecule has 3 nitrogen and oxygen atoms in total. The molecule has 1 aromatic heterocycles. The molecule has 96 valence electrons. The Hall–Kier alpha value is -1.90. The largest absolute Gasteiger partial charge is 0.469 e. The fourth-order valence-corrected chi connectivity index (χ4v) is 2.07. The first kappa shape index (κ1) is 12.6. The van der Waals surface area contributed by atoms with E-state index in [-0.39, 0.29) is 0 Å². The lowest BCUT2D eigenvalue weighted by Gasteiger charge is -2.15. The monoisotopic (exact) mass is 244 g/mol. The number of nitrogens with one attached hydrogen (secondary N) is 1. The van der Waals surface area contributed by atoms with Crippen LogP contribution in [0.5, 0.6) is 0 Å². The van der Waals surface area contributed by atoms with Gasteiger partial charge in [0.25, 0.3) is 0 Å². The minimum atomic E-state index is 0.385. The second-order valence-corrected chi connectivity index (χ2v) is 4.80. The fraction of sp³-hybridized carbons (Fsp3) is 0.333. The number of hydrogen-bond acceptors (Lipinski definition) is 3. The number of nitrogen functional groups attached to an aromatic ring is 1. The summed E-state index contributed by atoms with van der Waals surface area (Å²) in [6.07, 6.45) is 3.69. The summed E-state index contributed by atoms with van der Waals surface area (Å²) in [6, 6.07) is 10.4. The van der Waals surface area contributed by atoms with Crippen LogP contribution in [0, 0.1) is 6.92 Å². The Balaban J connectivity index is 1.88. The van der Waals surface area contributed by atoms with Crippen molar-refractivity contribution in [1.29, 1.82) is 0 Å². The summed E-state index contributed by atoms with van der Waals surface area (Å²) in [4.78, 5) is 0. The average molecular weight is 244 g/mol. The predicted octanol–water partition coefficient (Wildman–Crippen LogP) is 3.60. The Labute approximate surface area is 108 Å². The maximum atomic E-state index is 5.83. The van der Waals surface area contributed by atoms with Gasteiger partial charge in [-0.1, -0.05) is 0 Å². The minimum absolute atomic E-state index is 0.385. The highest BCUT2D eigenvalue weighted by molar-refractivity contribution is 5.57. The van der Waals surface area contributed by atoms with Gasteiger partial charge in [-0.2, -0.15) is 0 Å². The summed E-state index contributed by atoms with van der Waals surface area (Å²) in [7, 11) is 0. The van der Waals surface area contributed by atoms with Crippen LogP contribution in [-0.2, 0) is 6.42 Å². The van der Waals surface area contributed by atoms with Gasteiger partial charge >= 0.3 is 0 Å². The Morgan fingerprint density at radius 3 is 2.83 bits per heavy atom. The lowest BCUT2D eigenvalue weighted by Crippen LogP contribution is -2.16. The summed E-state index contributed by atoms with van der Waals surface area (Å²) < 4.78 is 5.32. The van der Waals surface area contributed by atoms with Gasteiger partial charge in [0.05, 0.1) is 6.26 Å². The van der Waals surface area contributed by atoms with E-state index in [1.165, 1.54) is 5.56 Å². The molecule has 1 heterocycles. The highest BCUT2D eigenvalue weighted by Gasteiger charge is 2.05. The van der Waals surface area contributed by atoms with Crippen LogP contribution in [0.4, 0.5) is 11.4 Å². The molecule has 18 heavy (non-hydrogen) atoms. The van der Waals surface area contributed by atoms with Gasteiger partial charge in [-0.25, -0.2) is 0 Å². The van der Waals surface area contributed by atoms with Crippen molar-refractivity contribution in [2.24, 2.45) is 0 Å². The van der Waals surface area contributed by atoms with E-state index in [9.17, 15) is 0 Å². The van der Waals surface area contributed by atoms with Gasteiger partial charge in [-0.05, 0) is 56.2 Å². The van der Waals surface area contributed by atoms with E-state index >= 15 is 0 Å². The molecule has 0 saturated carbocycles. The van der Waals surface area contributed by atoms with Gasteiger partial charge in [0.2, 0.25) is 0 Å². The van der Waals surface area contributed by atoms with Crippen LogP contribution in [0.1, 0.15) is 24.7 Å². The predicted molar refractivity (Wildman–Crippen MR) is 75.7 cm³/mol. The number of hydrogen-bond donors (Lipinski definition) is 2. The van der Waals surface area contributed by atoms with Crippen LogP contribution < -0.4 is 11.1 Å². The Morgan fingerprint density at radius 1 is 1.33 bits per heavy atom. The third-order valence-corrected chi connectivity index (χ3v) is 2.92. The average Bonchev–Trinajstić information content (AvgIpc) is 2.77. The molecule has 0 bridgehead atoms. The highest BCUT2D eigenvalue weighted by atomic mass is 16.3. The number of aryl methyl sites for hydroxylation is 2. The van der Waals surface area contributed by atoms with Crippen LogP contribution >= 0.6 is 0 Å². The van der Waals surface area contributed by atoms with E-state index in [4.69, 9.17) is 10.2 Å². The molecule has 0 fully saturated rings. The lowest BCUT2D eigenvalue weighted by molar-refractivity contribution is 0.495. The molecule has 3 heteroatoms. The van der Waals surface area contributed by atoms with E-state index in [1.807, 2.05) is 24.3 Å². The fourth-order valence-electron chi connectivity index (χ4n) is 2.07. The standard InChI is InChI=1S/C15H20N2O/c1-11-8-13(16)10-14(9-11)17-12(2)5-6-15-4-3-7-18-15/h3-4,7-10,12,17H,5-6,16H2,1-2H3. The van der Waals surface area contributed by atoms with Crippen LogP contribution in [0.25, 0.3) is 0 Å². The van der Waals surface area contributed by atoms with Gasteiger partial charge in [0, 0.05) is 23.8 Å². The van der Waals surface area contributed by atoms with Crippen molar-refractivity contribution in [2.45, 2.75) is 32.7 Å². The molecular weight excluding hydrogens is 224 g/mol. The van der Waals surface area contributed by atoms with Crippen molar-refractivity contribution in [1.82, 2.24) is 0 Å². The van der Waals surface area contributed by atoms with Crippen LogP contribution in [0.15, 0.2) is 41.0 Å². The van der Waals surface area contributed by atoms with Crippen LogP contribution in [0.3, 0.4) is 0 Å². The molecule has 0 amide bonds. The molecule has 0 aliphatic rings. The summed E-state index contributed by atoms with van der Waals surface area (Å²) in [5, 5.41) is 3.46. The number of rotatable bonds is 5. The van der Waals surface area contributed by atoms with Crippen molar-refractivity contribution in [2.75, 3.05) is 11.1 Å². The molecule has 0 aliphatic heterocycles. The zero-order valence-corrected chi connectivity index (χ0v) is 10.9. The third kappa shape index (κ3) is 3.55. The van der Waals surface area contributed by atoms with Crippen LogP contribution in [-0.4, -0.2) is 6.04 Å². The number of nitrogens with two attached hydrogens (primary N) is 1. The molecule has 0 saturated heterocycles. The molecule has 1 aromatic carbocycles. The highest BCUT2D eigenvalue weighted by Crippen LogP contribution is 2.18. The van der Waals surface area contributed by atoms with Gasteiger partial charge in [-0.3, -0.25) is 0 Å². The zero-order valence-electron chi connectivity index (χ0n) is 10.9. The summed E-state index contributed by atoms with van der Waals surface area (Å²) in [5.74, 6) is 1.03. The maximum absolute atomic E-state index is 5.83. The van der Waals surface area contributed by atoms with Crippen molar-refractivity contribution in [3.05, 3.63) is 47.9 Å². The number of furan rings is 1. The molecular formula is C15H20N2O. The smallest absolute Gasteiger partial charge is 0.103 e. The first-order chi connectivity index (χ1) is 8.63. The van der Waals surface area contributed by atoms with E-state index < -0.39 is 0 Å². The number of benzene rings is 1. The molecule has 2 aromatic rings. The lowest BCUT2D eigenvalue weighted by atomic mass is 10.1. The molecule has 0 radical (unpaired) electrons.